The second-order valence-electron chi connectivity index (χ2n) is 6.62. The summed E-state index contributed by atoms with van der Waals surface area (Å²) >= 11 is 0. The van der Waals surface area contributed by atoms with Crippen LogP contribution in [0.1, 0.15) is 0 Å². The lowest BCUT2D eigenvalue weighted by atomic mass is 9.89. The molecule has 0 amide bonds. The molecule has 1 fully saturated rings. The first kappa shape index (κ1) is 30.3. The van der Waals surface area contributed by atoms with Crippen LogP contribution in [0.2, 0.25) is 0 Å². The molecule has 1 saturated carbocycles. The molecule has 0 saturated heterocycles. The zero-order chi connectivity index (χ0) is 28.9. The second-order valence-corrected chi connectivity index (χ2v) is 6.62. The van der Waals surface area contributed by atoms with Crippen molar-refractivity contribution in [1.29, 1.82) is 0 Å². The largest absolute Gasteiger partial charge is 0.479 e. The average Bonchev–Trinajstić information content (AvgIpc) is 3.27. The third-order valence-corrected chi connectivity index (χ3v) is 4.93. The average molecular weight is 554 g/mol. The molecular formula is C16H6F12O8. The number of rotatable bonds is 10. The third-order valence-electron chi connectivity index (χ3n) is 4.93. The van der Waals surface area contributed by atoms with E-state index >= 15 is 0 Å². The summed E-state index contributed by atoms with van der Waals surface area (Å²) in [6.07, 6.45) is -10.2. The van der Waals surface area contributed by atoms with Crippen LogP contribution >= 0.6 is 0 Å². The van der Waals surface area contributed by atoms with Crippen molar-refractivity contribution in [1.82, 2.24) is 0 Å². The van der Waals surface area contributed by atoms with E-state index in [0.29, 0.717) is 0 Å². The molecule has 0 aromatic heterocycles. The number of hydrogen-bond acceptors (Lipinski definition) is 4. The highest BCUT2D eigenvalue weighted by molar-refractivity contribution is 6.05. The summed E-state index contributed by atoms with van der Waals surface area (Å²) in [4.78, 5) is 43.2. The lowest BCUT2D eigenvalue weighted by molar-refractivity contribution is -0.165. The number of carboxylic acids is 4. The van der Waals surface area contributed by atoms with E-state index in [0.717, 1.165) is 0 Å². The lowest BCUT2D eigenvalue weighted by Crippen LogP contribution is -2.43. The molecule has 0 aliphatic heterocycles. The van der Waals surface area contributed by atoms with Crippen LogP contribution in [0.4, 0.5) is 52.7 Å². The molecular weight excluding hydrogens is 548 g/mol. The molecule has 20 heteroatoms. The van der Waals surface area contributed by atoms with Crippen molar-refractivity contribution in [3.05, 3.63) is 35.0 Å². The SMILES string of the molecule is O=C(O)C(F)(C(=O)O)/C(F)=C(F)/C(F)=C(\F)C(F)C1(/C(F)=C(\F)C(F)F)C(F)(C(=O)O)C1(F)C(=O)O. The van der Waals surface area contributed by atoms with E-state index < -0.39 is 93.9 Å². The minimum absolute atomic E-state index is 3.47. The van der Waals surface area contributed by atoms with E-state index in [1.807, 2.05) is 0 Å². The molecule has 3 unspecified atom stereocenters. The summed E-state index contributed by atoms with van der Waals surface area (Å²) in [6, 6.07) is 0. The standard InChI is InChI=1S/C16H6F12O8/c17-1(2(18)5(21)13(26,9(29)30)10(31)32)3(19)6(22)14(7(23)4(20)8(24)25)15(27,11(33)34)16(14,28)12(35)36/h6,8H,(H,29,30)(H,31,32)(H,33,34)(H,35,36)/b3-1+,5-2+,7-4+. The molecule has 0 radical (unpaired) electrons. The quantitative estimate of drug-likeness (QED) is 0.182. The van der Waals surface area contributed by atoms with Gasteiger partial charge >= 0.3 is 29.5 Å². The van der Waals surface area contributed by atoms with Crippen LogP contribution in [0.25, 0.3) is 0 Å². The fourth-order valence-electron chi connectivity index (χ4n) is 3.12. The van der Waals surface area contributed by atoms with Crippen LogP contribution in [0.3, 0.4) is 0 Å². The fraction of sp³-hybridized carbons (Fsp3) is 0.375. The van der Waals surface area contributed by atoms with Crippen LogP contribution < -0.4 is 0 Å². The number of aliphatic carboxylic acids is 4. The van der Waals surface area contributed by atoms with E-state index in [9.17, 15) is 71.9 Å². The minimum Gasteiger partial charge on any atom is -0.479 e. The molecule has 1 rings (SSSR count). The number of halogens is 12. The Balaban J connectivity index is 4.12. The summed E-state index contributed by atoms with van der Waals surface area (Å²) < 4.78 is 166. The van der Waals surface area contributed by atoms with Gasteiger partial charge in [0.25, 0.3) is 17.8 Å². The smallest absolute Gasteiger partial charge is 0.360 e. The van der Waals surface area contributed by atoms with Gasteiger partial charge in [0.1, 0.15) is 0 Å². The van der Waals surface area contributed by atoms with Crippen molar-refractivity contribution in [3.63, 3.8) is 0 Å². The summed E-state index contributed by atoms with van der Waals surface area (Å²) in [5.41, 5.74) is -23.0. The predicted molar refractivity (Wildman–Crippen MR) is 83.1 cm³/mol. The van der Waals surface area contributed by atoms with Crippen LogP contribution in [0.5, 0.6) is 0 Å². The Morgan fingerprint density at radius 2 is 1.03 bits per heavy atom. The molecule has 202 valence electrons. The Kier molecular flexibility index (Phi) is 7.61. The normalized spacial score (nSPS) is 29.0. The molecule has 36 heavy (non-hydrogen) atoms. The van der Waals surface area contributed by atoms with E-state index in [4.69, 9.17) is 20.4 Å². The molecule has 0 aromatic rings. The minimum atomic E-state index is -5.80. The summed E-state index contributed by atoms with van der Waals surface area (Å²) in [5, 5.41) is 34.1. The van der Waals surface area contributed by atoms with Crippen molar-refractivity contribution in [2.45, 2.75) is 29.6 Å². The Labute approximate surface area is 187 Å². The van der Waals surface area contributed by atoms with E-state index in [2.05, 4.69) is 0 Å². The maximum Gasteiger partial charge on any atom is 0.360 e. The molecule has 1 aliphatic rings. The summed E-state index contributed by atoms with van der Waals surface area (Å²) in [6.45, 7) is 0. The molecule has 4 N–H and O–H groups in total. The second kappa shape index (κ2) is 9.04. The molecule has 0 spiro atoms. The first-order chi connectivity index (χ1) is 16.1. The highest BCUT2D eigenvalue weighted by Gasteiger charge is 3.04. The van der Waals surface area contributed by atoms with Gasteiger partial charge in [-0.1, -0.05) is 0 Å². The Morgan fingerprint density at radius 1 is 0.667 bits per heavy atom. The lowest BCUT2D eigenvalue weighted by Gasteiger charge is -2.21. The Hall–Kier alpha value is -3.74. The number of carboxylic acid groups (broad SMARTS) is 4. The fourth-order valence-corrected chi connectivity index (χ4v) is 3.12. The zero-order valence-electron chi connectivity index (χ0n) is 16.1. The van der Waals surface area contributed by atoms with E-state index in [1.165, 1.54) is 0 Å². The van der Waals surface area contributed by atoms with Gasteiger partial charge in [-0.05, 0) is 0 Å². The molecule has 0 aromatic carbocycles. The topological polar surface area (TPSA) is 149 Å². The van der Waals surface area contributed by atoms with Gasteiger partial charge in [-0.25, -0.2) is 71.9 Å². The van der Waals surface area contributed by atoms with Gasteiger partial charge in [0.15, 0.2) is 46.5 Å². The van der Waals surface area contributed by atoms with E-state index in [-0.39, 0.29) is 0 Å². The number of carbonyl (C=O) groups is 4. The van der Waals surface area contributed by atoms with Crippen LogP contribution in [-0.2, 0) is 19.2 Å². The summed E-state index contributed by atoms with van der Waals surface area (Å²) in [7, 11) is 0. The molecule has 1 aliphatic carbocycles. The van der Waals surface area contributed by atoms with Gasteiger partial charge in [-0.3, -0.25) is 0 Å². The molecule has 3 atom stereocenters. The van der Waals surface area contributed by atoms with Crippen LogP contribution in [0, 0.1) is 5.41 Å². The number of alkyl halides is 6. The van der Waals surface area contributed by atoms with Gasteiger partial charge in [0.2, 0.25) is 0 Å². The van der Waals surface area contributed by atoms with Crippen LogP contribution in [0.15, 0.2) is 35.0 Å². The molecule has 8 nitrogen and oxygen atoms in total. The first-order valence-electron chi connectivity index (χ1n) is 8.18. The van der Waals surface area contributed by atoms with E-state index in [1.54, 1.807) is 0 Å². The maximum atomic E-state index is 14.8. The molecule has 0 bridgehead atoms. The van der Waals surface area contributed by atoms with Gasteiger partial charge in [-0.15, -0.1) is 0 Å². The van der Waals surface area contributed by atoms with Gasteiger partial charge in [0, 0.05) is 0 Å². The zero-order valence-corrected chi connectivity index (χ0v) is 16.1. The highest BCUT2D eigenvalue weighted by Crippen LogP contribution is 2.77. The van der Waals surface area contributed by atoms with Crippen molar-refractivity contribution in [2.75, 3.05) is 0 Å². The first-order valence-corrected chi connectivity index (χ1v) is 8.18. The Morgan fingerprint density at radius 3 is 1.31 bits per heavy atom. The van der Waals surface area contributed by atoms with Crippen molar-refractivity contribution in [3.8, 4) is 0 Å². The monoisotopic (exact) mass is 554 g/mol. The van der Waals surface area contributed by atoms with Gasteiger partial charge < -0.3 is 20.4 Å². The highest BCUT2D eigenvalue weighted by atomic mass is 19.3. The third kappa shape index (κ3) is 3.40. The predicted octanol–water partition coefficient (Wildman–Crippen LogP) is 3.50. The molecule has 0 heterocycles. The Bertz CT molecular complexity index is 1090. The summed E-state index contributed by atoms with van der Waals surface area (Å²) in [5.74, 6) is -38.1. The number of hydrogen-bond donors (Lipinski definition) is 4. The maximum absolute atomic E-state index is 14.8. The van der Waals surface area contributed by atoms with Gasteiger partial charge in [0.05, 0.1) is 0 Å². The van der Waals surface area contributed by atoms with Crippen molar-refractivity contribution >= 4 is 23.9 Å². The van der Waals surface area contributed by atoms with Gasteiger partial charge in [-0.2, -0.15) is 0 Å². The van der Waals surface area contributed by atoms with Crippen molar-refractivity contribution in [2.24, 2.45) is 5.41 Å². The van der Waals surface area contributed by atoms with Crippen LogP contribution in [-0.4, -0.2) is 73.9 Å². The number of allylic oxidation sites excluding steroid dienone is 5. The van der Waals surface area contributed by atoms with Crippen molar-refractivity contribution < 1.29 is 92.3 Å².